The molecule has 1 rings (SSSR count). The van der Waals surface area contributed by atoms with Crippen molar-refractivity contribution < 1.29 is 9.59 Å². The molecule has 0 aromatic heterocycles. The summed E-state index contributed by atoms with van der Waals surface area (Å²) in [5.74, 6) is 0.715. The van der Waals surface area contributed by atoms with Crippen molar-refractivity contribution in [3.05, 3.63) is 12.2 Å². The summed E-state index contributed by atoms with van der Waals surface area (Å²) in [5, 5.41) is 0. The van der Waals surface area contributed by atoms with Crippen LogP contribution < -0.4 is 0 Å². The van der Waals surface area contributed by atoms with E-state index in [9.17, 15) is 9.59 Å². The number of ketones is 2. The van der Waals surface area contributed by atoms with Crippen molar-refractivity contribution in [3.63, 3.8) is 0 Å². The van der Waals surface area contributed by atoms with E-state index in [-0.39, 0.29) is 23.9 Å². The first-order chi connectivity index (χ1) is 5.59. The van der Waals surface area contributed by atoms with Crippen LogP contribution in [-0.4, -0.2) is 11.6 Å². The van der Waals surface area contributed by atoms with Gasteiger partial charge in [0.2, 0.25) is 0 Å². The Bertz CT molecular complexity index is 226. The lowest BCUT2D eigenvalue weighted by Gasteiger charge is -2.13. The fraction of sp³-hybridized carbons (Fsp3) is 0.600. The molecule has 0 N–H and O–H groups in total. The van der Waals surface area contributed by atoms with E-state index in [1.165, 1.54) is 0 Å². The fourth-order valence-corrected chi connectivity index (χ4v) is 1.35. The van der Waals surface area contributed by atoms with Crippen molar-refractivity contribution in [1.29, 1.82) is 0 Å². The Kier molecular flexibility index (Phi) is 2.79. The number of carbonyl (C=O) groups is 2. The molecule has 1 unspecified atom stereocenters. The highest BCUT2D eigenvalue weighted by atomic mass is 16.1. The standard InChI is InChI=1S/C10H14O2/c1-7(2)8-3-4-9(11)6-10(12)5-8/h3-4,7-8H,5-6H2,1-2H3. The quantitative estimate of drug-likeness (QED) is 0.556. The van der Waals surface area contributed by atoms with E-state index in [1.807, 2.05) is 6.08 Å². The average Bonchev–Trinajstić information content (AvgIpc) is 2.11. The van der Waals surface area contributed by atoms with Gasteiger partial charge in [0.25, 0.3) is 0 Å². The lowest BCUT2D eigenvalue weighted by atomic mass is 9.91. The van der Waals surface area contributed by atoms with Crippen molar-refractivity contribution >= 4 is 11.6 Å². The maximum Gasteiger partial charge on any atom is 0.162 e. The summed E-state index contributed by atoms with van der Waals surface area (Å²) < 4.78 is 0. The SMILES string of the molecule is CC(C)C1C=CC(=O)CC(=O)C1. The Morgan fingerprint density at radius 2 is 2.08 bits per heavy atom. The average molecular weight is 166 g/mol. The Labute approximate surface area is 72.7 Å². The van der Waals surface area contributed by atoms with Gasteiger partial charge >= 0.3 is 0 Å². The molecule has 0 heterocycles. The summed E-state index contributed by atoms with van der Waals surface area (Å²) in [4.78, 5) is 22.1. The molecule has 1 atom stereocenters. The van der Waals surface area contributed by atoms with Crippen molar-refractivity contribution in [2.24, 2.45) is 11.8 Å². The van der Waals surface area contributed by atoms with Crippen molar-refractivity contribution in [3.8, 4) is 0 Å². The molecule has 0 saturated heterocycles. The molecule has 0 saturated carbocycles. The summed E-state index contributed by atoms with van der Waals surface area (Å²) in [6, 6.07) is 0. The van der Waals surface area contributed by atoms with Crippen LogP contribution >= 0.6 is 0 Å². The summed E-state index contributed by atoms with van der Waals surface area (Å²) in [5.41, 5.74) is 0. The lowest BCUT2D eigenvalue weighted by Crippen LogP contribution is -2.10. The molecule has 0 radical (unpaired) electrons. The fourth-order valence-electron chi connectivity index (χ4n) is 1.35. The molecule has 12 heavy (non-hydrogen) atoms. The highest BCUT2D eigenvalue weighted by molar-refractivity contribution is 6.05. The molecule has 66 valence electrons. The van der Waals surface area contributed by atoms with Crippen LogP contribution in [0.15, 0.2) is 12.2 Å². The Morgan fingerprint density at radius 3 is 2.67 bits per heavy atom. The second-order valence-electron chi connectivity index (χ2n) is 3.65. The van der Waals surface area contributed by atoms with Crippen LogP contribution in [0.5, 0.6) is 0 Å². The summed E-state index contributed by atoms with van der Waals surface area (Å²) in [6.45, 7) is 4.14. The summed E-state index contributed by atoms with van der Waals surface area (Å²) in [7, 11) is 0. The highest BCUT2D eigenvalue weighted by Crippen LogP contribution is 2.20. The third kappa shape index (κ3) is 2.29. The molecule has 0 aliphatic heterocycles. The van der Waals surface area contributed by atoms with Gasteiger partial charge in [0.1, 0.15) is 5.78 Å². The normalized spacial score (nSPS) is 24.8. The first kappa shape index (κ1) is 9.17. The molecule has 0 bridgehead atoms. The van der Waals surface area contributed by atoms with Gasteiger partial charge in [-0.15, -0.1) is 0 Å². The molecule has 2 nitrogen and oxygen atoms in total. The van der Waals surface area contributed by atoms with Gasteiger partial charge in [-0.2, -0.15) is 0 Å². The van der Waals surface area contributed by atoms with E-state index in [1.54, 1.807) is 6.08 Å². The smallest absolute Gasteiger partial charge is 0.162 e. The van der Waals surface area contributed by atoms with E-state index >= 15 is 0 Å². The van der Waals surface area contributed by atoms with E-state index in [0.717, 1.165) is 0 Å². The van der Waals surface area contributed by atoms with Gasteiger partial charge in [-0.25, -0.2) is 0 Å². The minimum absolute atomic E-state index is 0.0526. The van der Waals surface area contributed by atoms with Gasteiger partial charge in [-0.3, -0.25) is 9.59 Å². The second-order valence-corrected chi connectivity index (χ2v) is 3.65. The molecule has 2 heteroatoms. The number of carbonyl (C=O) groups excluding carboxylic acids is 2. The largest absolute Gasteiger partial charge is 0.299 e. The Hall–Kier alpha value is -0.920. The lowest BCUT2D eigenvalue weighted by molar-refractivity contribution is -0.124. The number of Topliss-reactive ketones (excluding diaryl/α,β-unsaturated/α-hetero) is 1. The van der Waals surface area contributed by atoms with Crippen molar-refractivity contribution in [2.75, 3.05) is 0 Å². The van der Waals surface area contributed by atoms with E-state index in [4.69, 9.17) is 0 Å². The van der Waals surface area contributed by atoms with Gasteiger partial charge in [0, 0.05) is 6.42 Å². The third-order valence-electron chi connectivity index (χ3n) is 2.22. The van der Waals surface area contributed by atoms with Crippen LogP contribution in [0.2, 0.25) is 0 Å². The Balaban J connectivity index is 2.72. The van der Waals surface area contributed by atoms with Crippen LogP contribution in [0.3, 0.4) is 0 Å². The molecule has 1 aliphatic rings. The maximum absolute atomic E-state index is 11.1. The van der Waals surface area contributed by atoms with Crippen LogP contribution in [0, 0.1) is 11.8 Å². The topological polar surface area (TPSA) is 34.1 Å². The van der Waals surface area contributed by atoms with Crippen LogP contribution in [0.25, 0.3) is 0 Å². The minimum atomic E-state index is -0.0526. The zero-order valence-corrected chi connectivity index (χ0v) is 7.54. The van der Waals surface area contributed by atoms with Gasteiger partial charge in [0.05, 0.1) is 6.42 Å². The number of rotatable bonds is 1. The molecule has 0 aromatic carbocycles. The van der Waals surface area contributed by atoms with Gasteiger partial charge in [0.15, 0.2) is 5.78 Å². The summed E-state index contributed by atoms with van der Waals surface area (Å²) in [6.07, 6.45) is 4.05. The number of hydrogen-bond donors (Lipinski definition) is 0. The minimum Gasteiger partial charge on any atom is -0.299 e. The van der Waals surface area contributed by atoms with Crippen LogP contribution in [0.1, 0.15) is 26.7 Å². The zero-order chi connectivity index (χ0) is 9.14. The molecule has 0 spiro atoms. The number of allylic oxidation sites excluding steroid dienone is 2. The van der Waals surface area contributed by atoms with Gasteiger partial charge in [-0.1, -0.05) is 19.9 Å². The first-order valence-corrected chi connectivity index (χ1v) is 4.32. The summed E-state index contributed by atoms with van der Waals surface area (Å²) >= 11 is 0. The molecular formula is C10H14O2. The number of hydrogen-bond acceptors (Lipinski definition) is 2. The second kappa shape index (κ2) is 3.65. The predicted octanol–water partition coefficient (Wildman–Crippen LogP) is 1.75. The highest BCUT2D eigenvalue weighted by Gasteiger charge is 2.19. The van der Waals surface area contributed by atoms with Gasteiger partial charge < -0.3 is 0 Å². The zero-order valence-electron chi connectivity index (χ0n) is 7.54. The maximum atomic E-state index is 11.1. The molecular weight excluding hydrogens is 152 g/mol. The van der Waals surface area contributed by atoms with E-state index < -0.39 is 0 Å². The van der Waals surface area contributed by atoms with E-state index in [0.29, 0.717) is 12.3 Å². The molecule has 0 aromatic rings. The van der Waals surface area contributed by atoms with Crippen molar-refractivity contribution in [1.82, 2.24) is 0 Å². The predicted molar refractivity (Wildman–Crippen MR) is 46.7 cm³/mol. The monoisotopic (exact) mass is 166 g/mol. The molecule has 0 fully saturated rings. The Morgan fingerprint density at radius 1 is 1.42 bits per heavy atom. The van der Waals surface area contributed by atoms with Crippen LogP contribution in [-0.2, 0) is 9.59 Å². The van der Waals surface area contributed by atoms with E-state index in [2.05, 4.69) is 13.8 Å². The van der Waals surface area contributed by atoms with Crippen LogP contribution in [0.4, 0.5) is 0 Å². The van der Waals surface area contributed by atoms with Gasteiger partial charge in [-0.05, 0) is 17.9 Å². The third-order valence-corrected chi connectivity index (χ3v) is 2.22. The molecule has 0 amide bonds. The molecule has 1 aliphatic carbocycles. The van der Waals surface area contributed by atoms with Crippen molar-refractivity contribution in [2.45, 2.75) is 26.7 Å². The first-order valence-electron chi connectivity index (χ1n) is 4.32.